The summed E-state index contributed by atoms with van der Waals surface area (Å²) in [5, 5.41) is 20.7. The van der Waals surface area contributed by atoms with E-state index in [1.807, 2.05) is 49.6 Å². The molecule has 1 atom stereocenters. The predicted molar refractivity (Wildman–Crippen MR) is 93.7 cm³/mol. The van der Waals surface area contributed by atoms with Gasteiger partial charge >= 0.3 is 6.03 Å². The zero-order chi connectivity index (χ0) is 17.7. The molecule has 0 aliphatic rings. The van der Waals surface area contributed by atoms with Gasteiger partial charge in [-0.15, -0.1) is 10.2 Å². The van der Waals surface area contributed by atoms with Gasteiger partial charge in [-0.3, -0.25) is 0 Å². The van der Waals surface area contributed by atoms with E-state index in [9.17, 15) is 9.90 Å². The molecule has 0 aliphatic carbocycles. The molecule has 7 heteroatoms. The van der Waals surface area contributed by atoms with Crippen LogP contribution in [0.5, 0.6) is 0 Å². The van der Waals surface area contributed by atoms with Crippen molar-refractivity contribution in [2.75, 3.05) is 11.9 Å². The summed E-state index contributed by atoms with van der Waals surface area (Å²) in [4.78, 5) is 14.2. The second kappa shape index (κ2) is 7.92. The van der Waals surface area contributed by atoms with Crippen LogP contribution in [-0.2, 0) is 6.54 Å². The maximum atomic E-state index is 12.6. The second-order valence-electron chi connectivity index (χ2n) is 6.01. The molecule has 1 unspecified atom stereocenters. The van der Waals surface area contributed by atoms with E-state index >= 15 is 0 Å². The van der Waals surface area contributed by atoms with Crippen molar-refractivity contribution in [1.82, 2.24) is 19.7 Å². The van der Waals surface area contributed by atoms with Crippen molar-refractivity contribution in [3.63, 3.8) is 0 Å². The van der Waals surface area contributed by atoms with Crippen LogP contribution in [0.25, 0.3) is 11.4 Å². The van der Waals surface area contributed by atoms with E-state index in [4.69, 9.17) is 0 Å². The smallest absolute Gasteiger partial charge is 0.322 e. The van der Waals surface area contributed by atoms with Crippen molar-refractivity contribution in [1.29, 1.82) is 0 Å². The van der Waals surface area contributed by atoms with E-state index in [0.29, 0.717) is 11.5 Å². The highest BCUT2D eigenvalue weighted by Gasteiger charge is 2.20. The van der Waals surface area contributed by atoms with Crippen molar-refractivity contribution >= 4 is 11.7 Å². The zero-order valence-electron chi connectivity index (χ0n) is 14.6. The molecule has 0 radical (unpaired) electrons. The van der Waals surface area contributed by atoms with E-state index in [1.165, 1.54) is 0 Å². The molecule has 0 saturated heterocycles. The average molecular weight is 331 g/mol. The molecule has 1 aromatic carbocycles. The number of aryl methyl sites for hydroxylation is 1. The molecule has 2 rings (SSSR count). The lowest BCUT2D eigenvalue weighted by atomic mass is 10.1. The fourth-order valence-electron chi connectivity index (χ4n) is 2.48. The summed E-state index contributed by atoms with van der Waals surface area (Å²) in [5.41, 5.74) is 1.48. The Kier molecular flexibility index (Phi) is 5.92. The molecule has 7 nitrogen and oxygen atoms in total. The molecular formula is C17H25N5O2. The number of carbonyl (C=O) groups is 1. The Morgan fingerprint density at radius 3 is 2.67 bits per heavy atom. The first-order valence-corrected chi connectivity index (χ1v) is 8.16. The fourth-order valence-corrected chi connectivity index (χ4v) is 2.48. The largest absolute Gasteiger partial charge is 0.392 e. The molecule has 2 N–H and O–H groups in total. The third kappa shape index (κ3) is 4.11. The second-order valence-corrected chi connectivity index (χ2v) is 6.01. The average Bonchev–Trinajstić information content (AvgIpc) is 3.01. The summed E-state index contributed by atoms with van der Waals surface area (Å²) in [6.07, 6.45) is 1.08. The Hall–Kier alpha value is -2.41. The monoisotopic (exact) mass is 331 g/mol. The van der Waals surface area contributed by atoms with Crippen LogP contribution >= 0.6 is 0 Å². The van der Waals surface area contributed by atoms with Crippen LogP contribution in [0.2, 0.25) is 0 Å². The molecular weight excluding hydrogens is 306 g/mol. The van der Waals surface area contributed by atoms with Crippen LogP contribution in [-0.4, -0.2) is 49.5 Å². The number of rotatable bonds is 6. The van der Waals surface area contributed by atoms with Gasteiger partial charge in [-0.05, 0) is 39.8 Å². The summed E-state index contributed by atoms with van der Waals surface area (Å²) in [6, 6.07) is 7.23. The van der Waals surface area contributed by atoms with Crippen molar-refractivity contribution in [2.45, 2.75) is 46.4 Å². The van der Waals surface area contributed by atoms with Crippen molar-refractivity contribution in [3.05, 3.63) is 30.6 Å². The number of anilines is 1. The topological polar surface area (TPSA) is 83.3 Å². The number of nitrogens with zero attached hydrogens (tertiary/aromatic N) is 4. The Morgan fingerprint density at radius 2 is 2.04 bits per heavy atom. The normalized spacial score (nSPS) is 12.2. The van der Waals surface area contributed by atoms with Crippen LogP contribution in [0.3, 0.4) is 0 Å². The van der Waals surface area contributed by atoms with Gasteiger partial charge in [0.1, 0.15) is 6.33 Å². The number of benzene rings is 1. The van der Waals surface area contributed by atoms with Crippen molar-refractivity contribution in [2.24, 2.45) is 0 Å². The molecule has 1 heterocycles. The molecule has 0 bridgehead atoms. The summed E-state index contributed by atoms with van der Waals surface area (Å²) >= 11 is 0. The molecule has 130 valence electrons. The van der Waals surface area contributed by atoms with E-state index < -0.39 is 6.10 Å². The minimum Gasteiger partial charge on any atom is -0.392 e. The standard InChI is InChI=1S/C17H25N5O2/c1-5-21-11-18-20-16(21)14-8-6-7-9-15(14)19-17(24)22(12(2)3)10-13(4)23/h6-9,11-13,23H,5,10H2,1-4H3,(H,19,24). The Bertz CT molecular complexity index is 681. The van der Waals surface area contributed by atoms with Gasteiger partial charge < -0.3 is 19.9 Å². The van der Waals surface area contributed by atoms with E-state index in [2.05, 4.69) is 15.5 Å². The molecule has 24 heavy (non-hydrogen) atoms. The number of hydrogen-bond acceptors (Lipinski definition) is 4. The fraction of sp³-hybridized carbons (Fsp3) is 0.471. The molecule has 0 aliphatic heterocycles. The van der Waals surface area contributed by atoms with Crippen molar-refractivity contribution < 1.29 is 9.90 Å². The van der Waals surface area contributed by atoms with Gasteiger partial charge in [-0.1, -0.05) is 12.1 Å². The number of aliphatic hydroxyl groups excluding tert-OH is 1. The number of nitrogens with one attached hydrogen (secondary N) is 1. The van der Waals surface area contributed by atoms with Crippen molar-refractivity contribution in [3.8, 4) is 11.4 Å². The van der Waals surface area contributed by atoms with Gasteiger partial charge in [0, 0.05) is 24.7 Å². The highest BCUT2D eigenvalue weighted by Crippen LogP contribution is 2.26. The summed E-state index contributed by atoms with van der Waals surface area (Å²) < 4.78 is 1.92. The molecule has 1 aromatic heterocycles. The number of urea groups is 1. The lowest BCUT2D eigenvalue weighted by Gasteiger charge is -2.28. The van der Waals surface area contributed by atoms with E-state index in [1.54, 1.807) is 18.2 Å². The highest BCUT2D eigenvalue weighted by molar-refractivity contribution is 5.93. The summed E-state index contributed by atoms with van der Waals surface area (Å²) in [6.45, 7) is 8.53. The van der Waals surface area contributed by atoms with Crippen LogP contribution < -0.4 is 5.32 Å². The number of amides is 2. The number of carbonyl (C=O) groups excluding carboxylic acids is 1. The Labute approximate surface area is 142 Å². The van der Waals surface area contributed by atoms with E-state index in [-0.39, 0.29) is 18.6 Å². The van der Waals surface area contributed by atoms with Crippen LogP contribution in [0.4, 0.5) is 10.5 Å². The molecule has 0 fully saturated rings. The maximum Gasteiger partial charge on any atom is 0.322 e. The number of aromatic nitrogens is 3. The predicted octanol–water partition coefficient (Wildman–Crippen LogP) is 2.59. The molecule has 0 spiro atoms. The molecule has 0 saturated carbocycles. The first-order valence-electron chi connectivity index (χ1n) is 8.16. The van der Waals surface area contributed by atoms with Crippen LogP contribution in [0, 0.1) is 0 Å². The first-order chi connectivity index (χ1) is 11.4. The minimum absolute atomic E-state index is 0.0222. The highest BCUT2D eigenvalue weighted by atomic mass is 16.3. The third-order valence-electron chi connectivity index (χ3n) is 3.71. The number of para-hydroxylation sites is 1. The van der Waals surface area contributed by atoms with Gasteiger partial charge in [0.2, 0.25) is 0 Å². The Morgan fingerprint density at radius 1 is 1.33 bits per heavy atom. The molecule has 2 amide bonds. The zero-order valence-corrected chi connectivity index (χ0v) is 14.6. The van der Waals surface area contributed by atoms with Crippen LogP contribution in [0.1, 0.15) is 27.7 Å². The van der Waals surface area contributed by atoms with Gasteiger partial charge in [0.15, 0.2) is 5.82 Å². The SMILES string of the molecule is CCn1cnnc1-c1ccccc1NC(=O)N(CC(C)O)C(C)C. The maximum absolute atomic E-state index is 12.6. The lowest BCUT2D eigenvalue weighted by Crippen LogP contribution is -2.43. The van der Waals surface area contributed by atoms with Gasteiger partial charge in [-0.25, -0.2) is 4.79 Å². The van der Waals surface area contributed by atoms with Crippen LogP contribution in [0.15, 0.2) is 30.6 Å². The lowest BCUT2D eigenvalue weighted by molar-refractivity contribution is 0.125. The van der Waals surface area contributed by atoms with Gasteiger partial charge in [-0.2, -0.15) is 0 Å². The summed E-state index contributed by atoms with van der Waals surface area (Å²) in [5.74, 6) is 0.708. The Balaban J connectivity index is 2.28. The first kappa shape index (κ1) is 17.9. The minimum atomic E-state index is -0.586. The van der Waals surface area contributed by atoms with E-state index in [0.717, 1.165) is 12.1 Å². The number of aliphatic hydroxyl groups is 1. The van der Waals surface area contributed by atoms with Gasteiger partial charge in [0.25, 0.3) is 0 Å². The quantitative estimate of drug-likeness (QED) is 0.852. The summed E-state index contributed by atoms with van der Waals surface area (Å²) in [7, 11) is 0. The molecule has 2 aromatic rings. The number of hydrogen-bond donors (Lipinski definition) is 2. The third-order valence-corrected chi connectivity index (χ3v) is 3.71. The van der Waals surface area contributed by atoms with Gasteiger partial charge in [0.05, 0.1) is 11.8 Å².